The molecular weight excluding hydrogens is 282 g/mol. The van der Waals surface area contributed by atoms with Gasteiger partial charge in [0.25, 0.3) is 5.56 Å². The highest BCUT2D eigenvalue weighted by atomic mass is 35.5. The smallest absolute Gasteiger partial charge is 0.287 e. The van der Waals surface area contributed by atoms with E-state index in [1.54, 1.807) is 20.4 Å². The molecule has 2 heterocycles. The molecule has 0 aromatic carbocycles. The lowest BCUT2D eigenvalue weighted by molar-refractivity contribution is 0.0549. The SMILES string of the molecule is COCCOCC1CCN(c2cnn(C)c(=O)c2Cl)C1. The van der Waals surface area contributed by atoms with Gasteiger partial charge in [0, 0.05) is 33.2 Å². The molecule has 0 spiro atoms. The van der Waals surface area contributed by atoms with Crippen LogP contribution in [0.4, 0.5) is 5.69 Å². The molecule has 1 atom stereocenters. The van der Waals surface area contributed by atoms with Crippen LogP contribution in [-0.2, 0) is 16.5 Å². The molecule has 0 aliphatic carbocycles. The Morgan fingerprint density at radius 2 is 2.30 bits per heavy atom. The molecule has 0 radical (unpaired) electrons. The van der Waals surface area contributed by atoms with Crippen molar-refractivity contribution in [2.75, 3.05) is 44.9 Å². The molecule has 1 saturated heterocycles. The van der Waals surface area contributed by atoms with Gasteiger partial charge in [-0.3, -0.25) is 4.79 Å². The molecule has 0 amide bonds. The summed E-state index contributed by atoms with van der Waals surface area (Å²) < 4.78 is 11.7. The molecule has 7 heteroatoms. The minimum atomic E-state index is -0.260. The first-order valence-electron chi connectivity index (χ1n) is 6.67. The minimum absolute atomic E-state index is 0.239. The van der Waals surface area contributed by atoms with Gasteiger partial charge in [-0.2, -0.15) is 5.10 Å². The van der Waals surface area contributed by atoms with E-state index in [0.717, 1.165) is 19.5 Å². The van der Waals surface area contributed by atoms with Gasteiger partial charge in [-0.1, -0.05) is 11.6 Å². The summed E-state index contributed by atoms with van der Waals surface area (Å²) in [4.78, 5) is 13.9. The van der Waals surface area contributed by atoms with Gasteiger partial charge in [0.05, 0.1) is 31.7 Å². The first-order valence-corrected chi connectivity index (χ1v) is 7.04. The Hall–Kier alpha value is -1.11. The number of nitrogens with zero attached hydrogens (tertiary/aromatic N) is 3. The van der Waals surface area contributed by atoms with Gasteiger partial charge in [-0.15, -0.1) is 0 Å². The first kappa shape index (κ1) is 15.3. The van der Waals surface area contributed by atoms with Gasteiger partial charge in [0.15, 0.2) is 0 Å². The first-order chi connectivity index (χ1) is 9.63. The molecule has 112 valence electrons. The van der Waals surface area contributed by atoms with Gasteiger partial charge in [0.2, 0.25) is 0 Å². The summed E-state index contributed by atoms with van der Waals surface area (Å²) in [5, 5.41) is 4.27. The van der Waals surface area contributed by atoms with Crippen molar-refractivity contribution in [1.82, 2.24) is 9.78 Å². The van der Waals surface area contributed by atoms with Crippen molar-refractivity contribution in [1.29, 1.82) is 0 Å². The van der Waals surface area contributed by atoms with Gasteiger partial charge < -0.3 is 14.4 Å². The Bertz CT molecular complexity index is 506. The van der Waals surface area contributed by atoms with Crippen LogP contribution >= 0.6 is 11.6 Å². The third-order valence-electron chi connectivity index (χ3n) is 3.47. The van der Waals surface area contributed by atoms with Crippen LogP contribution in [0.25, 0.3) is 0 Å². The number of hydrogen-bond donors (Lipinski definition) is 0. The number of aromatic nitrogens is 2. The van der Waals surface area contributed by atoms with E-state index in [1.807, 2.05) is 0 Å². The zero-order valence-electron chi connectivity index (χ0n) is 11.8. The summed E-state index contributed by atoms with van der Waals surface area (Å²) in [6.45, 7) is 3.63. The fourth-order valence-electron chi connectivity index (χ4n) is 2.30. The second kappa shape index (κ2) is 7.06. The minimum Gasteiger partial charge on any atom is -0.382 e. The maximum Gasteiger partial charge on any atom is 0.287 e. The van der Waals surface area contributed by atoms with Crippen molar-refractivity contribution < 1.29 is 9.47 Å². The molecule has 0 N–H and O–H groups in total. The lowest BCUT2D eigenvalue weighted by Crippen LogP contribution is -2.27. The summed E-state index contributed by atoms with van der Waals surface area (Å²) in [6.07, 6.45) is 2.68. The Balaban J connectivity index is 1.93. The quantitative estimate of drug-likeness (QED) is 0.732. The van der Waals surface area contributed by atoms with Crippen LogP contribution in [0.2, 0.25) is 5.02 Å². The Morgan fingerprint density at radius 1 is 1.50 bits per heavy atom. The van der Waals surface area contributed by atoms with Crippen LogP contribution in [-0.4, -0.2) is 49.8 Å². The number of hydrogen-bond acceptors (Lipinski definition) is 5. The van der Waals surface area contributed by atoms with Gasteiger partial charge >= 0.3 is 0 Å². The van der Waals surface area contributed by atoms with Crippen molar-refractivity contribution in [2.45, 2.75) is 6.42 Å². The van der Waals surface area contributed by atoms with Crippen LogP contribution in [0.1, 0.15) is 6.42 Å². The predicted octanol–water partition coefficient (Wildman–Crippen LogP) is 0.923. The average Bonchev–Trinajstić information content (AvgIpc) is 2.90. The van der Waals surface area contributed by atoms with E-state index in [1.165, 1.54) is 4.68 Å². The second-order valence-electron chi connectivity index (χ2n) is 4.94. The van der Waals surface area contributed by atoms with Gasteiger partial charge in [-0.05, 0) is 6.42 Å². The van der Waals surface area contributed by atoms with Crippen molar-refractivity contribution >= 4 is 17.3 Å². The van der Waals surface area contributed by atoms with Crippen LogP contribution in [0.5, 0.6) is 0 Å². The molecule has 1 aromatic heterocycles. The molecule has 20 heavy (non-hydrogen) atoms. The Kier molecular flexibility index (Phi) is 5.39. The third kappa shape index (κ3) is 3.50. The standard InChI is InChI=1S/C13H20ClN3O3/c1-16-13(18)12(14)11(7-15-16)17-4-3-10(8-17)9-20-6-5-19-2/h7,10H,3-6,8-9H2,1-2H3. The zero-order valence-corrected chi connectivity index (χ0v) is 12.6. The average molecular weight is 302 g/mol. The molecular formula is C13H20ClN3O3. The van der Waals surface area contributed by atoms with Crippen molar-refractivity contribution in [3.05, 3.63) is 21.6 Å². The largest absolute Gasteiger partial charge is 0.382 e. The van der Waals surface area contributed by atoms with E-state index in [9.17, 15) is 4.79 Å². The Labute approximate surface area is 123 Å². The molecule has 1 aromatic rings. The number of ether oxygens (including phenoxy) is 2. The van der Waals surface area contributed by atoms with E-state index in [0.29, 0.717) is 31.4 Å². The van der Waals surface area contributed by atoms with Crippen molar-refractivity contribution in [3.63, 3.8) is 0 Å². The van der Waals surface area contributed by atoms with E-state index >= 15 is 0 Å². The summed E-state index contributed by atoms with van der Waals surface area (Å²) >= 11 is 6.11. The predicted molar refractivity (Wildman–Crippen MR) is 77.5 cm³/mol. The topological polar surface area (TPSA) is 56.6 Å². The summed E-state index contributed by atoms with van der Waals surface area (Å²) in [5.41, 5.74) is 0.457. The van der Waals surface area contributed by atoms with Gasteiger partial charge in [-0.25, -0.2) is 4.68 Å². The third-order valence-corrected chi connectivity index (χ3v) is 3.83. The summed E-state index contributed by atoms with van der Waals surface area (Å²) in [6, 6.07) is 0. The normalized spacial score (nSPS) is 18.8. The summed E-state index contributed by atoms with van der Waals surface area (Å²) in [7, 11) is 3.25. The molecule has 2 rings (SSSR count). The van der Waals surface area contributed by atoms with Crippen molar-refractivity contribution in [3.8, 4) is 0 Å². The number of anilines is 1. The van der Waals surface area contributed by atoms with Crippen molar-refractivity contribution in [2.24, 2.45) is 13.0 Å². The highest BCUT2D eigenvalue weighted by Gasteiger charge is 2.25. The second-order valence-corrected chi connectivity index (χ2v) is 5.32. The fourth-order valence-corrected chi connectivity index (χ4v) is 2.59. The highest BCUT2D eigenvalue weighted by Crippen LogP contribution is 2.27. The van der Waals surface area contributed by atoms with Gasteiger partial charge in [0.1, 0.15) is 5.02 Å². The number of halogens is 1. The highest BCUT2D eigenvalue weighted by molar-refractivity contribution is 6.33. The lowest BCUT2D eigenvalue weighted by atomic mass is 10.1. The molecule has 6 nitrogen and oxygen atoms in total. The van der Waals surface area contributed by atoms with E-state index in [4.69, 9.17) is 21.1 Å². The molecule has 0 bridgehead atoms. The number of aryl methyl sites for hydroxylation is 1. The fraction of sp³-hybridized carbons (Fsp3) is 0.692. The molecule has 1 unspecified atom stereocenters. The Morgan fingerprint density at radius 3 is 3.05 bits per heavy atom. The van der Waals surface area contributed by atoms with Crippen LogP contribution < -0.4 is 10.5 Å². The summed E-state index contributed by atoms with van der Waals surface area (Å²) in [5.74, 6) is 0.451. The maximum atomic E-state index is 11.8. The molecule has 1 fully saturated rings. The monoisotopic (exact) mass is 301 g/mol. The molecule has 0 saturated carbocycles. The lowest BCUT2D eigenvalue weighted by Gasteiger charge is -2.19. The van der Waals surface area contributed by atoms with E-state index < -0.39 is 0 Å². The zero-order chi connectivity index (χ0) is 14.5. The van der Waals surface area contributed by atoms with E-state index in [-0.39, 0.29) is 10.6 Å². The van der Waals surface area contributed by atoms with Crippen LogP contribution in [0.15, 0.2) is 11.0 Å². The van der Waals surface area contributed by atoms with Crippen LogP contribution in [0, 0.1) is 5.92 Å². The van der Waals surface area contributed by atoms with Crippen LogP contribution in [0.3, 0.4) is 0 Å². The number of methoxy groups -OCH3 is 1. The molecule has 1 aliphatic rings. The van der Waals surface area contributed by atoms with E-state index in [2.05, 4.69) is 10.00 Å². The maximum absolute atomic E-state index is 11.8. The molecule has 1 aliphatic heterocycles. The number of rotatable bonds is 6.